The molecule has 1 aromatic carbocycles. The summed E-state index contributed by atoms with van der Waals surface area (Å²) in [6.07, 6.45) is -0.208. The third-order valence-corrected chi connectivity index (χ3v) is 3.20. The summed E-state index contributed by atoms with van der Waals surface area (Å²) in [5.41, 5.74) is 0.536. The summed E-state index contributed by atoms with van der Waals surface area (Å²) < 4.78 is 5.11. The molecular weight excluding hydrogens is 270 g/mol. The predicted octanol–water partition coefficient (Wildman–Crippen LogP) is 1.94. The van der Waals surface area contributed by atoms with Gasteiger partial charge >= 0.3 is 0 Å². The van der Waals surface area contributed by atoms with Crippen molar-refractivity contribution in [1.82, 2.24) is 5.32 Å². The van der Waals surface area contributed by atoms with E-state index in [1.54, 1.807) is 43.3 Å². The molecule has 0 spiro atoms. The van der Waals surface area contributed by atoms with Gasteiger partial charge in [0.1, 0.15) is 11.9 Å². The van der Waals surface area contributed by atoms with E-state index >= 15 is 0 Å². The number of nitrogens with one attached hydrogen (secondary N) is 1. The van der Waals surface area contributed by atoms with Gasteiger partial charge in [0.2, 0.25) is 0 Å². The highest BCUT2D eigenvalue weighted by atomic mass is 16.4. The third kappa shape index (κ3) is 4.18. The van der Waals surface area contributed by atoms with Gasteiger partial charge in [0.05, 0.1) is 6.26 Å². The lowest BCUT2D eigenvalue weighted by molar-refractivity contribution is -0.130. The molecule has 1 heterocycles. The van der Waals surface area contributed by atoms with E-state index in [1.807, 2.05) is 6.07 Å². The van der Waals surface area contributed by atoms with E-state index in [1.165, 1.54) is 6.26 Å². The second kappa shape index (κ2) is 7.06. The van der Waals surface area contributed by atoms with Crippen LogP contribution in [0, 0.1) is 0 Å². The molecule has 0 radical (unpaired) electrons. The van der Waals surface area contributed by atoms with Crippen molar-refractivity contribution >= 4 is 5.91 Å². The average Bonchev–Trinajstić information content (AvgIpc) is 3.01. The van der Waals surface area contributed by atoms with Crippen molar-refractivity contribution in [1.29, 1.82) is 0 Å². The highest BCUT2D eigenvalue weighted by molar-refractivity contribution is 5.82. The molecule has 21 heavy (non-hydrogen) atoms. The van der Waals surface area contributed by atoms with Crippen LogP contribution >= 0.6 is 0 Å². The zero-order chi connectivity index (χ0) is 15.2. The Morgan fingerprint density at radius 2 is 1.90 bits per heavy atom. The molecule has 1 aromatic heterocycles. The Morgan fingerprint density at radius 1 is 1.19 bits per heavy atom. The summed E-state index contributed by atoms with van der Waals surface area (Å²) >= 11 is 0. The number of rotatable bonds is 6. The molecule has 2 aromatic rings. The van der Waals surface area contributed by atoms with Gasteiger partial charge in [-0.25, -0.2) is 0 Å². The molecule has 0 saturated heterocycles. The smallest absolute Gasteiger partial charge is 0.253 e. The number of benzene rings is 1. The third-order valence-electron chi connectivity index (χ3n) is 3.20. The van der Waals surface area contributed by atoms with Crippen LogP contribution in [0.15, 0.2) is 53.1 Å². The van der Waals surface area contributed by atoms with Gasteiger partial charge in [-0.05, 0) is 24.6 Å². The van der Waals surface area contributed by atoms with Gasteiger partial charge in [-0.2, -0.15) is 0 Å². The Morgan fingerprint density at radius 3 is 2.52 bits per heavy atom. The molecule has 3 atom stereocenters. The molecule has 5 heteroatoms. The summed E-state index contributed by atoms with van der Waals surface area (Å²) in [7, 11) is 0. The lowest BCUT2D eigenvalue weighted by atomic mass is 10.1. The largest absolute Gasteiger partial charge is 0.467 e. The fourth-order valence-electron chi connectivity index (χ4n) is 2.10. The summed E-state index contributed by atoms with van der Waals surface area (Å²) in [4.78, 5) is 12.0. The first kappa shape index (κ1) is 15.3. The Kier molecular flexibility index (Phi) is 5.14. The van der Waals surface area contributed by atoms with Gasteiger partial charge < -0.3 is 19.9 Å². The molecule has 0 aliphatic carbocycles. The maximum absolute atomic E-state index is 12.0. The molecule has 0 unspecified atom stereocenters. The number of aliphatic hydroxyl groups is 2. The lowest BCUT2D eigenvalue weighted by Gasteiger charge is -2.19. The fourth-order valence-corrected chi connectivity index (χ4v) is 2.10. The molecule has 112 valence electrons. The zero-order valence-corrected chi connectivity index (χ0v) is 11.8. The summed E-state index contributed by atoms with van der Waals surface area (Å²) in [6.45, 7) is 1.77. The van der Waals surface area contributed by atoms with Gasteiger partial charge in [0, 0.05) is 12.5 Å². The number of aliphatic hydroxyl groups excluding tert-OH is 2. The summed E-state index contributed by atoms with van der Waals surface area (Å²) in [5, 5.41) is 22.6. The van der Waals surface area contributed by atoms with Crippen molar-refractivity contribution in [2.24, 2.45) is 0 Å². The van der Waals surface area contributed by atoms with Gasteiger partial charge in [-0.3, -0.25) is 4.79 Å². The van der Waals surface area contributed by atoms with Crippen LogP contribution < -0.4 is 5.32 Å². The molecule has 1 amide bonds. The van der Waals surface area contributed by atoms with Crippen LogP contribution in [0.4, 0.5) is 0 Å². The Labute approximate surface area is 123 Å². The summed E-state index contributed by atoms with van der Waals surface area (Å²) in [5.74, 6) is -0.0277. The topological polar surface area (TPSA) is 82.7 Å². The Bertz CT molecular complexity index is 553. The van der Waals surface area contributed by atoms with Crippen molar-refractivity contribution in [3.63, 3.8) is 0 Å². The van der Waals surface area contributed by atoms with E-state index in [2.05, 4.69) is 5.32 Å². The highest BCUT2D eigenvalue weighted by Crippen LogP contribution is 2.19. The van der Waals surface area contributed by atoms with E-state index in [-0.39, 0.29) is 6.04 Å². The second-order valence-electron chi connectivity index (χ2n) is 4.99. The first-order chi connectivity index (χ1) is 10.1. The summed E-state index contributed by atoms with van der Waals surface area (Å²) in [6, 6.07) is 11.8. The average molecular weight is 289 g/mol. The number of furan rings is 1. The number of carbonyl (C=O) groups is 1. The van der Waals surface area contributed by atoms with Crippen molar-refractivity contribution in [2.75, 3.05) is 0 Å². The first-order valence-electron chi connectivity index (χ1n) is 6.82. The van der Waals surface area contributed by atoms with E-state index in [9.17, 15) is 15.0 Å². The maximum atomic E-state index is 12.0. The van der Waals surface area contributed by atoms with E-state index in [0.29, 0.717) is 17.7 Å². The molecule has 3 N–H and O–H groups in total. The van der Waals surface area contributed by atoms with Crippen LogP contribution in [0.3, 0.4) is 0 Å². The van der Waals surface area contributed by atoms with Crippen molar-refractivity contribution in [2.45, 2.75) is 31.6 Å². The molecule has 0 saturated carbocycles. The van der Waals surface area contributed by atoms with Gasteiger partial charge in [0.15, 0.2) is 6.10 Å². The Balaban J connectivity index is 1.87. The zero-order valence-electron chi connectivity index (χ0n) is 11.8. The maximum Gasteiger partial charge on any atom is 0.253 e. The molecule has 5 nitrogen and oxygen atoms in total. The van der Waals surface area contributed by atoms with Crippen molar-refractivity contribution < 1.29 is 19.4 Å². The van der Waals surface area contributed by atoms with E-state index in [4.69, 9.17) is 4.42 Å². The van der Waals surface area contributed by atoms with E-state index in [0.717, 1.165) is 0 Å². The highest BCUT2D eigenvalue weighted by Gasteiger charge is 2.21. The fraction of sp³-hybridized carbons (Fsp3) is 0.312. The minimum Gasteiger partial charge on any atom is -0.467 e. The Hall–Kier alpha value is -2.11. The number of hydrogen-bond acceptors (Lipinski definition) is 4. The van der Waals surface area contributed by atoms with Crippen LogP contribution in [0.25, 0.3) is 0 Å². The van der Waals surface area contributed by atoms with Crippen molar-refractivity contribution in [3.8, 4) is 0 Å². The number of carbonyl (C=O) groups excluding carboxylic acids is 1. The lowest BCUT2D eigenvalue weighted by Crippen LogP contribution is -2.37. The van der Waals surface area contributed by atoms with Gasteiger partial charge in [0.25, 0.3) is 5.91 Å². The molecule has 2 rings (SSSR count). The molecule has 0 bridgehead atoms. The van der Waals surface area contributed by atoms with Crippen LogP contribution in [0.5, 0.6) is 0 Å². The van der Waals surface area contributed by atoms with Gasteiger partial charge in [-0.15, -0.1) is 0 Å². The van der Waals surface area contributed by atoms with Crippen LogP contribution in [0.2, 0.25) is 0 Å². The quantitative estimate of drug-likeness (QED) is 0.759. The second-order valence-corrected chi connectivity index (χ2v) is 4.99. The number of amides is 1. The molecule has 0 aliphatic heterocycles. The minimum absolute atomic E-state index is 0.295. The predicted molar refractivity (Wildman–Crippen MR) is 77.3 cm³/mol. The van der Waals surface area contributed by atoms with Crippen molar-refractivity contribution in [3.05, 3.63) is 60.1 Å². The standard InChI is InChI=1S/C16H19NO4/c1-11(10-13(18)14-8-5-9-21-14)17-16(20)15(19)12-6-3-2-4-7-12/h2-9,11,13,15,18-19H,10H2,1H3,(H,17,20)/t11-,13-,15-/m1/s1. The van der Waals surface area contributed by atoms with E-state index < -0.39 is 18.1 Å². The number of hydrogen-bond donors (Lipinski definition) is 3. The van der Waals surface area contributed by atoms with Gasteiger partial charge in [-0.1, -0.05) is 30.3 Å². The first-order valence-corrected chi connectivity index (χ1v) is 6.82. The molecule has 0 fully saturated rings. The minimum atomic E-state index is -1.21. The molecular formula is C16H19NO4. The van der Waals surface area contributed by atoms with Crippen LogP contribution in [-0.2, 0) is 4.79 Å². The normalized spacial score (nSPS) is 15.2. The monoisotopic (exact) mass is 289 g/mol. The SMILES string of the molecule is C[C@H](C[C@@H](O)c1ccco1)NC(=O)[C@H](O)c1ccccc1. The van der Waals surface area contributed by atoms with Crippen LogP contribution in [0.1, 0.15) is 36.9 Å². The van der Waals surface area contributed by atoms with Crippen LogP contribution in [-0.4, -0.2) is 22.2 Å². The molecule has 0 aliphatic rings.